The van der Waals surface area contributed by atoms with Crippen molar-refractivity contribution < 1.29 is 13.2 Å². The minimum Gasteiger partial charge on any atom is -0.495 e. The Labute approximate surface area is 136 Å². The van der Waals surface area contributed by atoms with Crippen LogP contribution >= 0.6 is 0 Å². The van der Waals surface area contributed by atoms with Crippen molar-refractivity contribution in [2.24, 2.45) is 5.92 Å². The first kappa shape index (κ1) is 15.9. The Hall–Kier alpha value is -2.02. The van der Waals surface area contributed by atoms with Crippen LogP contribution in [0.2, 0.25) is 0 Å². The van der Waals surface area contributed by atoms with Crippen molar-refractivity contribution >= 4 is 15.8 Å². The maximum absolute atomic E-state index is 12.8. The van der Waals surface area contributed by atoms with Gasteiger partial charge in [-0.1, -0.05) is 6.07 Å². The van der Waals surface area contributed by atoms with Gasteiger partial charge in [-0.25, -0.2) is 13.1 Å². The summed E-state index contributed by atoms with van der Waals surface area (Å²) in [7, 11) is -2.28. The molecular weight excluding hydrogens is 314 g/mol. The molecule has 1 aromatic carbocycles. The highest BCUT2D eigenvalue weighted by Gasteiger charge is 2.31. The van der Waals surface area contributed by atoms with E-state index in [1.165, 1.54) is 20.0 Å². The lowest BCUT2D eigenvalue weighted by Crippen LogP contribution is -2.19. The number of benzene rings is 1. The Morgan fingerprint density at radius 1 is 1.35 bits per heavy atom. The number of hydrogen-bond acceptors (Lipinski definition) is 4. The van der Waals surface area contributed by atoms with E-state index in [0.29, 0.717) is 17.5 Å². The van der Waals surface area contributed by atoms with Crippen LogP contribution in [0.4, 0.5) is 5.82 Å². The molecule has 1 aliphatic rings. The summed E-state index contributed by atoms with van der Waals surface area (Å²) >= 11 is 0. The molecule has 0 amide bonds. The molecule has 0 spiro atoms. The molecule has 0 radical (unpaired) electrons. The lowest BCUT2D eigenvalue weighted by Gasteiger charge is -2.17. The summed E-state index contributed by atoms with van der Waals surface area (Å²) in [5.74, 6) is 1.38. The molecular formula is C16H21N3O3S. The third-order valence-corrected chi connectivity index (χ3v) is 5.58. The minimum atomic E-state index is -3.75. The average Bonchev–Trinajstić information content (AvgIpc) is 3.27. The quantitative estimate of drug-likeness (QED) is 0.881. The number of methoxy groups -OCH3 is 1. The average molecular weight is 335 g/mol. The first-order valence-electron chi connectivity index (χ1n) is 7.63. The molecule has 1 atom stereocenters. The van der Waals surface area contributed by atoms with Gasteiger partial charge in [0.05, 0.1) is 19.3 Å². The molecule has 0 aliphatic heterocycles. The Balaban J connectivity index is 1.93. The highest BCUT2D eigenvalue weighted by Crippen LogP contribution is 2.40. The van der Waals surface area contributed by atoms with Gasteiger partial charge >= 0.3 is 0 Å². The Morgan fingerprint density at radius 2 is 2.09 bits per heavy atom. The van der Waals surface area contributed by atoms with Crippen LogP contribution in [0.3, 0.4) is 0 Å². The van der Waals surface area contributed by atoms with E-state index in [-0.39, 0.29) is 10.9 Å². The van der Waals surface area contributed by atoms with E-state index in [0.717, 1.165) is 5.56 Å². The summed E-state index contributed by atoms with van der Waals surface area (Å²) in [5, 5.41) is 4.27. The second kappa shape index (κ2) is 5.88. The van der Waals surface area contributed by atoms with Crippen molar-refractivity contribution in [3.8, 4) is 5.75 Å². The Morgan fingerprint density at radius 3 is 2.74 bits per heavy atom. The molecule has 6 nitrogen and oxygen atoms in total. The van der Waals surface area contributed by atoms with Gasteiger partial charge in [-0.2, -0.15) is 5.10 Å². The van der Waals surface area contributed by atoms with E-state index in [2.05, 4.69) is 16.7 Å². The molecule has 7 heteroatoms. The zero-order valence-electron chi connectivity index (χ0n) is 13.5. The number of nitrogens with zero attached hydrogens (tertiary/aromatic N) is 2. The number of anilines is 1. The summed E-state index contributed by atoms with van der Waals surface area (Å²) in [4.78, 5) is 0.131. The van der Waals surface area contributed by atoms with Crippen molar-refractivity contribution in [1.29, 1.82) is 0 Å². The van der Waals surface area contributed by atoms with Gasteiger partial charge in [-0.05, 0) is 50.3 Å². The predicted octanol–water partition coefficient (Wildman–Crippen LogP) is 2.97. The predicted molar refractivity (Wildman–Crippen MR) is 88.2 cm³/mol. The summed E-state index contributed by atoms with van der Waals surface area (Å²) in [6, 6.07) is 6.94. The molecule has 124 valence electrons. The first-order valence-corrected chi connectivity index (χ1v) is 9.11. The van der Waals surface area contributed by atoms with E-state index in [1.807, 2.05) is 13.0 Å². The van der Waals surface area contributed by atoms with Crippen LogP contribution in [0.5, 0.6) is 5.75 Å². The zero-order valence-corrected chi connectivity index (χ0v) is 14.3. The fourth-order valence-electron chi connectivity index (χ4n) is 2.68. The second-order valence-electron chi connectivity index (χ2n) is 6.00. The number of hydrogen-bond donors (Lipinski definition) is 1. The van der Waals surface area contributed by atoms with Gasteiger partial charge in [-0.15, -0.1) is 0 Å². The number of nitrogens with one attached hydrogen (secondary N) is 1. The van der Waals surface area contributed by atoms with Gasteiger partial charge in [0.1, 0.15) is 16.5 Å². The van der Waals surface area contributed by atoms with E-state index in [1.54, 1.807) is 29.1 Å². The third-order valence-electron chi connectivity index (χ3n) is 4.21. The van der Waals surface area contributed by atoms with E-state index in [9.17, 15) is 8.42 Å². The molecule has 1 aliphatic carbocycles. The monoisotopic (exact) mass is 335 g/mol. The standard InChI is InChI=1S/C16H21N3O3S/c1-11-4-7-14(22-3)15(10-11)23(20,21)18-16-8-9-17-19(16)12(2)13-5-6-13/h4,7-10,12-13,18H,5-6H2,1-3H3. The molecule has 0 saturated heterocycles. The molecule has 1 unspecified atom stereocenters. The lowest BCUT2D eigenvalue weighted by molar-refractivity contribution is 0.402. The smallest absolute Gasteiger partial charge is 0.266 e. The largest absolute Gasteiger partial charge is 0.495 e. The third kappa shape index (κ3) is 3.19. The van der Waals surface area contributed by atoms with Crippen molar-refractivity contribution in [3.05, 3.63) is 36.0 Å². The van der Waals surface area contributed by atoms with E-state index < -0.39 is 10.0 Å². The Bertz CT molecular complexity index is 810. The SMILES string of the molecule is COc1ccc(C)cc1S(=O)(=O)Nc1ccnn1C(C)C1CC1. The number of sulfonamides is 1. The van der Waals surface area contributed by atoms with Gasteiger partial charge in [0.25, 0.3) is 10.0 Å². The molecule has 1 aromatic heterocycles. The van der Waals surface area contributed by atoms with Gasteiger partial charge in [0.2, 0.25) is 0 Å². The number of rotatable bonds is 6. The maximum Gasteiger partial charge on any atom is 0.266 e. The molecule has 1 heterocycles. The minimum absolute atomic E-state index is 0.131. The van der Waals surface area contributed by atoms with Gasteiger partial charge in [-0.3, -0.25) is 4.72 Å². The molecule has 1 fully saturated rings. The summed E-state index contributed by atoms with van der Waals surface area (Å²) < 4.78 is 35.1. The molecule has 2 aromatic rings. The molecule has 3 rings (SSSR count). The van der Waals surface area contributed by atoms with Crippen LogP contribution in [-0.4, -0.2) is 25.3 Å². The molecule has 1 saturated carbocycles. The van der Waals surface area contributed by atoms with Crippen LogP contribution in [-0.2, 0) is 10.0 Å². The van der Waals surface area contributed by atoms with Gasteiger partial charge in [0, 0.05) is 6.07 Å². The fourth-order valence-corrected chi connectivity index (χ4v) is 3.99. The van der Waals surface area contributed by atoms with Crippen molar-refractivity contribution in [2.75, 3.05) is 11.8 Å². The van der Waals surface area contributed by atoms with Crippen molar-refractivity contribution in [1.82, 2.24) is 9.78 Å². The van der Waals surface area contributed by atoms with Gasteiger partial charge in [0.15, 0.2) is 0 Å². The lowest BCUT2D eigenvalue weighted by atomic mass is 10.2. The summed E-state index contributed by atoms with van der Waals surface area (Å²) in [6.45, 7) is 3.91. The highest BCUT2D eigenvalue weighted by atomic mass is 32.2. The van der Waals surface area contributed by atoms with Crippen LogP contribution in [0, 0.1) is 12.8 Å². The number of aromatic nitrogens is 2. The van der Waals surface area contributed by atoms with E-state index in [4.69, 9.17) is 4.74 Å². The van der Waals surface area contributed by atoms with Crippen LogP contribution in [0.15, 0.2) is 35.4 Å². The zero-order chi connectivity index (χ0) is 16.6. The summed E-state index contributed by atoms with van der Waals surface area (Å²) in [5.41, 5.74) is 0.853. The second-order valence-corrected chi connectivity index (χ2v) is 7.65. The fraction of sp³-hybridized carbons (Fsp3) is 0.438. The maximum atomic E-state index is 12.8. The first-order chi connectivity index (χ1) is 10.9. The highest BCUT2D eigenvalue weighted by molar-refractivity contribution is 7.92. The van der Waals surface area contributed by atoms with E-state index >= 15 is 0 Å². The van der Waals surface area contributed by atoms with Crippen molar-refractivity contribution in [2.45, 2.75) is 37.6 Å². The van der Waals surface area contributed by atoms with Crippen LogP contribution in [0.25, 0.3) is 0 Å². The number of aryl methyl sites for hydroxylation is 1. The molecule has 1 N–H and O–H groups in total. The van der Waals surface area contributed by atoms with Crippen molar-refractivity contribution in [3.63, 3.8) is 0 Å². The molecule has 0 bridgehead atoms. The normalized spacial score (nSPS) is 16.1. The van der Waals surface area contributed by atoms with Gasteiger partial charge < -0.3 is 4.74 Å². The van der Waals surface area contributed by atoms with Crippen LogP contribution in [0.1, 0.15) is 31.4 Å². The topological polar surface area (TPSA) is 73.2 Å². The number of ether oxygens (including phenoxy) is 1. The van der Waals surface area contributed by atoms with Crippen LogP contribution < -0.4 is 9.46 Å². The summed E-state index contributed by atoms with van der Waals surface area (Å²) in [6.07, 6.45) is 3.95. The Kier molecular flexibility index (Phi) is 4.06. The molecule has 23 heavy (non-hydrogen) atoms.